The van der Waals surface area contributed by atoms with E-state index in [1.54, 1.807) is 36.7 Å². The number of aryl methyl sites for hydroxylation is 1. The van der Waals surface area contributed by atoms with Crippen LogP contribution >= 0.6 is 11.6 Å². The Hall–Kier alpha value is -3.88. The molecule has 0 bridgehead atoms. The molecule has 1 heterocycles. The van der Waals surface area contributed by atoms with E-state index in [0.29, 0.717) is 41.2 Å². The molecule has 3 rings (SSSR count). The number of nitrogens with zero attached hydrogens (tertiary/aromatic N) is 4. The maximum absolute atomic E-state index is 13.1. The number of benzene rings is 2. The van der Waals surface area contributed by atoms with Crippen molar-refractivity contribution < 1.29 is 27.5 Å². The number of carbonyl (C=O) groups is 2. The van der Waals surface area contributed by atoms with E-state index in [-0.39, 0.29) is 29.1 Å². The summed E-state index contributed by atoms with van der Waals surface area (Å²) in [7, 11) is 3.75. The fourth-order valence-corrected chi connectivity index (χ4v) is 4.18. The summed E-state index contributed by atoms with van der Waals surface area (Å²) in [5, 5.41) is 16.6. The van der Waals surface area contributed by atoms with Crippen LogP contribution < -0.4 is 10.1 Å². The van der Waals surface area contributed by atoms with Gasteiger partial charge in [-0.2, -0.15) is 23.5 Å². The molecule has 2 aromatic carbocycles. The minimum Gasteiger partial charge on any atom is -0.419 e. The molecule has 0 saturated carbocycles. The van der Waals surface area contributed by atoms with Gasteiger partial charge in [-0.15, -0.1) is 0 Å². The van der Waals surface area contributed by atoms with Crippen LogP contribution in [0.25, 0.3) is 5.69 Å². The van der Waals surface area contributed by atoms with Gasteiger partial charge in [0.05, 0.1) is 27.5 Å². The average molecular weight is 562 g/mol. The smallest absolute Gasteiger partial charge is 0.419 e. The molecule has 0 radical (unpaired) electrons. The Bertz CT molecular complexity index is 1430. The van der Waals surface area contributed by atoms with Gasteiger partial charge >= 0.3 is 12.1 Å². The van der Waals surface area contributed by atoms with Crippen molar-refractivity contribution in [1.82, 2.24) is 20.0 Å². The van der Waals surface area contributed by atoms with E-state index in [4.69, 9.17) is 21.6 Å². The Morgan fingerprint density at radius 2 is 1.92 bits per heavy atom. The van der Waals surface area contributed by atoms with Gasteiger partial charge < -0.3 is 15.0 Å². The Kier molecular flexibility index (Phi) is 9.37. The van der Waals surface area contributed by atoms with E-state index in [2.05, 4.69) is 10.4 Å². The highest BCUT2D eigenvalue weighted by Crippen LogP contribution is 2.32. The third kappa shape index (κ3) is 7.16. The lowest BCUT2D eigenvalue weighted by molar-refractivity contribution is -0.189. The summed E-state index contributed by atoms with van der Waals surface area (Å²) in [6.07, 6.45) is -4.60. The van der Waals surface area contributed by atoms with Crippen molar-refractivity contribution in [1.29, 1.82) is 5.26 Å². The van der Waals surface area contributed by atoms with Crippen LogP contribution in [-0.2, 0) is 11.2 Å². The highest BCUT2D eigenvalue weighted by molar-refractivity contribution is 6.31. The van der Waals surface area contributed by atoms with Gasteiger partial charge in [0, 0.05) is 29.8 Å². The average Bonchev–Trinajstić information content (AvgIpc) is 3.14. The van der Waals surface area contributed by atoms with Crippen LogP contribution in [0.5, 0.6) is 5.75 Å². The minimum atomic E-state index is -5.25. The number of nitrogens with one attached hydrogen (secondary N) is 1. The number of para-hydroxylation sites is 1. The quantitative estimate of drug-likeness (QED) is 0.230. The standard InChI is InChI=1S/C27H27ClF3N5O3/c1-16-22(17(2)36(34-16)20-10-9-19(15-32)23(28)14-20)13-18-7-5-8-21(24(18)39-26(38)27(29,30)31)25(37)33-11-6-12-35(3)4/h5,7-10,14H,6,11-13H2,1-4H3,(H,33,37). The number of hydrogen-bond donors (Lipinski definition) is 1. The lowest BCUT2D eigenvalue weighted by atomic mass is 9.99. The number of nitriles is 1. The molecule has 0 aliphatic carbocycles. The summed E-state index contributed by atoms with van der Waals surface area (Å²) in [5.41, 5.74) is 2.78. The molecule has 8 nitrogen and oxygen atoms in total. The van der Waals surface area contributed by atoms with Crippen LogP contribution in [0, 0.1) is 25.2 Å². The van der Waals surface area contributed by atoms with Crippen LogP contribution in [-0.4, -0.2) is 59.9 Å². The number of ether oxygens (including phenoxy) is 1. The van der Waals surface area contributed by atoms with Crippen molar-refractivity contribution in [3.05, 3.63) is 75.1 Å². The molecule has 206 valence electrons. The molecule has 0 unspecified atom stereocenters. The second-order valence-electron chi connectivity index (χ2n) is 9.11. The molecule has 1 amide bonds. The van der Waals surface area contributed by atoms with Crippen LogP contribution in [0.2, 0.25) is 5.02 Å². The number of aromatic nitrogens is 2. The van der Waals surface area contributed by atoms with Crippen molar-refractivity contribution in [2.45, 2.75) is 32.9 Å². The zero-order valence-corrected chi connectivity index (χ0v) is 22.6. The Morgan fingerprint density at radius 3 is 2.54 bits per heavy atom. The normalized spacial score (nSPS) is 11.4. The zero-order chi connectivity index (χ0) is 28.9. The maximum atomic E-state index is 13.1. The fraction of sp³-hybridized carbons (Fsp3) is 0.333. The predicted molar refractivity (Wildman–Crippen MR) is 139 cm³/mol. The lowest BCUT2D eigenvalue weighted by Crippen LogP contribution is -2.31. The molecule has 0 fully saturated rings. The number of amides is 1. The first-order chi connectivity index (χ1) is 18.3. The van der Waals surface area contributed by atoms with E-state index >= 15 is 0 Å². The number of alkyl halides is 3. The third-order valence-corrected chi connectivity index (χ3v) is 6.27. The van der Waals surface area contributed by atoms with E-state index in [0.717, 1.165) is 0 Å². The van der Waals surface area contributed by atoms with Gasteiger partial charge in [0.1, 0.15) is 11.8 Å². The minimum absolute atomic E-state index is 0.0316. The Labute approximate surface area is 228 Å². The second-order valence-corrected chi connectivity index (χ2v) is 9.51. The number of hydrogen-bond acceptors (Lipinski definition) is 6. The molecule has 1 N–H and O–H groups in total. The van der Waals surface area contributed by atoms with Crippen LogP contribution in [0.15, 0.2) is 36.4 Å². The number of carbonyl (C=O) groups excluding carboxylic acids is 2. The molecule has 0 atom stereocenters. The first kappa shape index (κ1) is 29.7. The molecule has 0 saturated heterocycles. The summed E-state index contributed by atoms with van der Waals surface area (Å²) < 4.78 is 45.8. The fourth-order valence-electron chi connectivity index (χ4n) is 3.97. The number of esters is 1. The van der Waals surface area contributed by atoms with Crippen molar-refractivity contribution in [2.24, 2.45) is 0 Å². The van der Waals surface area contributed by atoms with Gasteiger partial charge in [-0.3, -0.25) is 4.79 Å². The van der Waals surface area contributed by atoms with E-state index in [1.165, 1.54) is 18.2 Å². The Balaban J connectivity index is 2.00. The molecular weight excluding hydrogens is 535 g/mol. The monoisotopic (exact) mass is 561 g/mol. The SMILES string of the molecule is Cc1nn(-c2ccc(C#N)c(Cl)c2)c(C)c1Cc1cccc(C(=O)NCCCN(C)C)c1OC(=O)C(F)(F)F. The highest BCUT2D eigenvalue weighted by Gasteiger charge is 2.42. The molecule has 12 heteroatoms. The second kappa shape index (κ2) is 12.3. The van der Waals surface area contributed by atoms with Gasteiger partial charge in [0.2, 0.25) is 0 Å². The first-order valence-corrected chi connectivity index (χ1v) is 12.3. The lowest BCUT2D eigenvalue weighted by Gasteiger charge is -2.16. The van der Waals surface area contributed by atoms with E-state index in [9.17, 15) is 22.8 Å². The van der Waals surface area contributed by atoms with E-state index < -0.39 is 23.8 Å². The molecule has 3 aromatic rings. The van der Waals surface area contributed by atoms with Crippen molar-refractivity contribution in [2.75, 3.05) is 27.2 Å². The van der Waals surface area contributed by atoms with Gasteiger partial charge in [0.15, 0.2) is 0 Å². The van der Waals surface area contributed by atoms with Crippen molar-refractivity contribution >= 4 is 23.5 Å². The zero-order valence-electron chi connectivity index (χ0n) is 21.8. The third-order valence-electron chi connectivity index (χ3n) is 5.96. The number of rotatable bonds is 9. The Morgan fingerprint density at radius 1 is 1.21 bits per heavy atom. The summed E-state index contributed by atoms with van der Waals surface area (Å²) in [5.74, 6) is -3.54. The van der Waals surface area contributed by atoms with Crippen LogP contribution in [0.3, 0.4) is 0 Å². The molecule has 0 aliphatic heterocycles. The van der Waals surface area contributed by atoms with Crippen LogP contribution in [0.1, 0.15) is 44.9 Å². The molecule has 39 heavy (non-hydrogen) atoms. The van der Waals surface area contributed by atoms with Gasteiger partial charge in [-0.25, -0.2) is 9.48 Å². The summed E-state index contributed by atoms with van der Waals surface area (Å²) in [6.45, 7) is 4.48. The number of halogens is 4. The summed E-state index contributed by atoms with van der Waals surface area (Å²) in [6, 6.07) is 11.1. The van der Waals surface area contributed by atoms with Crippen molar-refractivity contribution in [3.8, 4) is 17.5 Å². The highest BCUT2D eigenvalue weighted by atomic mass is 35.5. The first-order valence-electron chi connectivity index (χ1n) is 11.9. The molecular formula is C27H27ClF3N5O3. The topological polar surface area (TPSA) is 100 Å². The van der Waals surface area contributed by atoms with Gasteiger partial charge in [0.25, 0.3) is 5.91 Å². The summed E-state index contributed by atoms with van der Waals surface area (Å²) >= 11 is 6.18. The van der Waals surface area contributed by atoms with Crippen LogP contribution in [0.4, 0.5) is 13.2 Å². The molecule has 0 aliphatic rings. The van der Waals surface area contributed by atoms with Gasteiger partial charge in [-0.1, -0.05) is 23.7 Å². The molecule has 1 aromatic heterocycles. The van der Waals surface area contributed by atoms with Crippen molar-refractivity contribution in [3.63, 3.8) is 0 Å². The maximum Gasteiger partial charge on any atom is 0.491 e. The van der Waals surface area contributed by atoms with E-state index in [1.807, 2.05) is 25.1 Å². The summed E-state index contributed by atoms with van der Waals surface area (Å²) in [4.78, 5) is 26.7. The van der Waals surface area contributed by atoms with Gasteiger partial charge in [-0.05, 0) is 65.2 Å². The molecule has 0 spiro atoms. The largest absolute Gasteiger partial charge is 0.491 e. The predicted octanol–water partition coefficient (Wildman–Crippen LogP) is 4.75.